The van der Waals surface area contributed by atoms with Crippen molar-refractivity contribution in [1.29, 1.82) is 0 Å². The first kappa shape index (κ1) is 13.1. The summed E-state index contributed by atoms with van der Waals surface area (Å²) in [6, 6.07) is 0. The molecular weight excluding hydrogens is 234 g/mol. The molecule has 1 heterocycles. The van der Waals surface area contributed by atoms with Gasteiger partial charge in [-0.25, -0.2) is 13.4 Å². The third-order valence-corrected chi connectivity index (χ3v) is 3.80. The van der Waals surface area contributed by atoms with Gasteiger partial charge in [-0.3, -0.25) is 0 Å². The number of hydrogen-bond acceptors (Lipinski definition) is 5. The van der Waals surface area contributed by atoms with Crippen molar-refractivity contribution in [3.8, 4) is 0 Å². The monoisotopic (exact) mass is 249 g/mol. The second-order valence-electron chi connectivity index (χ2n) is 3.18. The number of aliphatic hydroxyl groups is 2. The van der Waals surface area contributed by atoms with Crippen LogP contribution >= 0.6 is 0 Å². The lowest BCUT2D eigenvalue weighted by molar-refractivity contribution is 0.217. The minimum atomic E-state index is -3.71. The summed E-state index contributed by atoms with van der Waals surface area (Å²) in [6.45, 7) is 0.933. The summed E-state index contributed by atoms with van der Waals surface area (Å²) in [5, 5.41) is 17.5. The van der Waals surface area contributed by atoms with Gasteiger partial charge in [0, 0.05) is 13.1 Å². The van der Waals surface area contributed by atoms with Gasteiger partial charge in [-0.1, -0.05) is 0 Å². The van der Waals surface area contributed by atoms with Gasteiger partial charge < -0.3 is 15.2 Å². The lowest BCUT2D eigenvalue weighted by Gasteiger charge is -2.18. The first-order valence-corrected chi connectivity index (χ1v) is 6.20. The van der Waals surface area contributed by atoms with Crippen LogP contribution in [0.15, 0.2) is 11.2 Å². The molecule has 0 aliphatic rings. The SMILES string of the molecule is Cc1ncc(S(=O)(=O)N(CCO)CCO)[nH]1. The Morgan fingerprint density at radius 3 is 2.31 bits per heavy atom. The van der Waals surface area contributed by atoms with Crippen LogP contribution in [0, 0.1) is 6.92 Å². The summed E-state index contributed by atoms with van der Waals surface area (Å²) in [7, 11) is -3.71. The van der Waals surface area contributed by atoms with E-state index in [2.05, 4.69) is 9.97 Å². The van der Waals surface area contributed by atoms with Crippen molar-refractivity contribution in [2.45, 2.75) is 11.9 Å². The van der Waals surface area contributed by atoms with Gasteiger partial charge in [-0.05, 0) is 6.92 Å². The molecule has 0 atom stereocenters. The Morgan fingerprint density at radius 1 is 1.38 bits per heavy atom. The number of aryl methyl sites for hydroxylation is 1. The number of nitrogens with one attached hydrogen (secondary N) is 1. The van der Waals surface area contributed by atoms with Crippen molar-refractivity contribution in [2.75, 3.05) is 26.3 Å². The maximum Gasteiger partial charge on any atom is 0.260 e. The number of rotatable bonds is 6. The normalized spacial score (nSPS) is 12.2. The fourth-order valence-electron chi connectivity index (χ4n) is 1.24. The molecule has 0 spiro atoms. The topological polar surface area (TPSA) is 107 Å². The molecule has 0 saturated carbocycles. The van der Waals surface area contributed by atoms with Crippen molar-refractivity contribution in [3.05, 3.63) is 12.0 Å². The molecular formula is C8H15N3O4S. The Hall–Kier alpha value is -0.960. The highest BCUT2D eigenvalue weighted by Gasteiger charge is 2.25. The van der Waals surface area contributed by atoms with Crippen molar-refractivity contribution in [1.82, 2.24) is 14.3 Å². The van der Waals surface area contributed by atoms with Crippen LogP contribution in [-0.4, -0.2) is 59.2 Å². The highest BCUT2D eigenvalue weighted by molar-refractivity contribution is 7.89. The molecule has 0 aromatic carbocycles. The molecule has 16 heavy (non-hydrogen) atoms. The van der Waals surface area contributed by atoms with Gasteiger partial charge in [-0.15, -0.1) is 0 Å². The van der Waals surface area contributed by atoms with E-state index < -0.39 is 10.0 Å². The highest BCUT2D eigenvalue weighted by Crippen LogP contribution is 2.12. The number of aromatic amines is 1. The standard InChI is InChI=1S/C8H15N3O4S/c1-7-9-6-8(10-7)16(14,15)11(2-4-12)3-5-13/h6,12-13H,2-5H2,1H3,(H,9,10). The maximum absolute atomic E-state index is 12.0. The maximum atomic E-state index is 12.0. The van der Waals surface area contributed by atoms with E-state index in [9.17, 15) is 8.42 Å². The summed E-state index contributed by atoms with van der Waals surface area (Å²) in [6.07, 6.45) is 1.21. The van der Waals surface area contributed by atoms with Gasteiger partial charge in [0.2, 0.25) is 0 Å². The van der Waals surface area contributed by atoms with Crippen LogP contribution < -0.4 is 0 Å². The Bertz CT molecular complexity index is 422. The van der Waals surface area contributed by atoms with Crippen LogP contribution in [0.1, 0.15) is 5.82 Å². The summed E-state index contributed by atoms with van der Waals surface area (Å²) in [5.41, 5.74) is 0. The van der Waals surface area contributed by atoms with E-state index >= 15 is 0 Å². The van der Waals surface area contributed by atoms with E-state index in [1.165, 1.54) is 6.20 Å². The van der Waals surface area contributed by atoms with Crippen LogP contribution in [0.5, 0.6) is 0 Å². The number of imidazole rings is 1. The molecule has 3 N–H and O–H groups in total. The van der Waals surface area contributed by atoms with E-state index in [0.717, 1.165) is 4.31 Å². The number of sulfonamides is 1. The van der Waals surface area contributed by atoms with Gasteiger partial charge in [0.15, 0.2) is 5.03 Å². The lowest BCUT2D eigenvalue weighted by atomic mass is 10.6. The molecule has 8 heteroatoms. The summed E-state index contributed by atoms with van der Waals surface area (Å²) in [4.78, 5) is 6.41. The summed E-state index contributed by atoms with van der Waals surface area (Å²) >= 11 is 0. The molecule has 0 aliphatic carbocycles. The van der Waals surface area contributed by atoms with E-state index in [1.807, 2.05) is 0 Å². The molecule has 0 saturated heterocycles. The molecule has 0 fully saturated rings. The minimum absolute atomic E-state index is 0.0353. The fourth-order valence-corrected chi connectivity index (χ4v) is 2.63. The zero-order valence-electron chi connectivity index (χ0n) is 8.92. The molecule has 0 radical (unpaired) electrons. The number of hydrogen-bond donors (Lipinski definition) is 3. The van der Waals surface area contributed by atoms with Crippen LogP contribution in [-0.2, 0) is 10.0 Å². The van der Waals surface area contributed by atoms with E-state index in [0.29, 0.717) is 5.82 Å². The van der Waals surface area contributed by atoms with Gasteiger partial charge in [0.25, 0.3) is 10.0 Å². The minimum Gasteiger partial charge on any atom is -0.395 e. The van der Waals surface area contributed by atoms with Crippen molar-refractivity contribution in [3.63, 3.8) is 0 Å². The number of aliphatic hydroxyl groups excluding tert-OH is 2. The van der Waals surface area contributed by atoms with Gasteiger partial charge in [0.1, 0.15) is 5.82 Å². The number of nitrogens with zero attached hydrogens (tertiary/aromatic N) is 2. The van der Waals surface area contributed by atoms with E-state index in [-0.39, 0.29) is 31.3 Å². The summed E-state index contributed by atoms with van der Waals surface area (Å²) in [5.74, 6) is 0.492. The van der Waals surface area contributed by atoms with Crippen molar-refractivity contribution < 1.29 is 18.6 Å². The van der Waals surface area contributed by atoms with Crippen molar-refractivity contribution in [2.24, 2.45) is 0 Å². The first-order valence-electron chi connectivity index (χ1n) is 4.76. The lowest BCUT2D eigenvalue weighted by Crippen LogP contribution is -2.36. The quantitative estimate of drug-likeness (QED) is 0.580. The third kappa shape index (κ3) is 2.79. The average molecular weight is 249 g/mol. The Morgan fingerprint density at radius 2 is 1.94 bits per heavy atom. The summed E-state index contributed by atoms with van der Waals surface area (Å²) < 4.78 is 24.9. The number of H-pyrrole nitrogens is 1. The van der Waals surface area contributed by atoms with Crippen LogP contribution in [0.2, 0.25) is 0 Å². The fraction of sp³-hybridized carbons (Fsp3) is 0.625. The predicted octanol–water partition coefficient (Wildman–Crippen LogP) is -1.31. The van der Waals surface area contributed by atoms with Crippen molar-refractivity contribution >= 4 is 10.0 Å². The second kappa shape index (κ2) is 5.39. The largest absolute Gasteiger partial charge is 0.395 e. The Labute approximate surface area is 93.8 Å². The third-order valence-electron chi connectivity index (χ3n) is 2.00. The molecule has 0 unspecified atom stereocenters. The van der Waals surface area contributed by atoms with E-state index in [4.69, 9.17) is 10.2 Å². The zero-order chi connectivity index (χ0) is 12.2. The average Bonchev–Trinajstić information content (AvgIpc) is 2.65. The van der Waals surface area contributed by atoms with Gasteiger partial charge in [0.05, 0.1) is 19.4 Å². The molecule has 0 amide bonds. The van der Waals surface area contributed by atoms with Gasteiger partial charge >= 0.3 is 0 Å². The smallest absolute Gasteiger partial charge is 0.260 e. The van der Waals surface area contributed by atoms with Crippen LogP contribution in [0.25, 0.3) is 0 Å². The highest BCUT2D eigenvalue weighted by atomic mass is 32.2. The van der Waals surface area contributed by atoms with Crippen LogP contribution in [0.3, 0.4) is 0 Å². The van der Waals surface area contributed by atoms with Crippen LogP contribution in [0.4, 0.5) is 0 Å². The molecule has 1 aromatic rings. The molecule has 7 nitrogen and oxygen atoms in total. The predicted molar refractivity (Wildman–Crippen MR) is 56.3 cm³/mol. The second-order valence-corrected chi connectivity index (χ2v) is 5.09. The molecule has 0 aliphatic heterocycles. The van der Waals surface area contributed by atoms with E-state index in [1.54, 1.807) is 6.92 Å². The molecule has 1 aromatic heterocycles. The Kier molecular flexibility index (Phi) is 4.42. The van der Waals surface area contributed by atoms with Gasteiger partial charge in [-0.2, -0.15) is 4.31 Å². The molecule has 92 valence electrons. The Balaban J connectivity index is 2.97. The molecule has 0 bridgehead atoms. The zero-order valence-corrected chi connectivity index (χ0v) is 9.74. The first-order chi connectivity index (χ1) is 7.52. The molecule has 1 rings (SSSR count). The number of aromatic nitrogens is 2.